The molecule has 1 aromatic carbocycles. The minimum Gasteiger partial charge on any atom is -0.481 e. The van der Waals surface area contributed by atoms with Gasteiger partial charge in [0.25, 0.3) is 0 Å². The van der Waals surface area contributed by atoms with Gasteiger partial charge < -0.3 is 10.4 Å². The molecule has 1 fully saturated rings. The van der Waals surface area contributed by atoms with Gasteiger partial charge in [-0.2, -0.15) is 0 Å². The van der Waals surface area contributed by atoms with Crippen molar-refractivity contribution in [1.82, 2.24) is 5.32 Å². The van der Waals surface area contributed by atoms with E-state index in [9.17, 15) is 9.59 Å². The standard InChI is InChI=1S/C20H29NO3/c1-16-10-5-6-11-17(16)20(13-7-3-8-14-20)19(24)21-15-9-2-4-12-18(22)23/h5-6,10-11H,2-4,7-9,12-15H2,1H3,(H,21,24)(H,22,23). The van der Waals surface area contributed by atoms with E-state index in [1.165, 1.54) is 17.5 Å². The van der Waals surface area contributed by atoms with Gasteiger partial charge in [-0.1, -0.05) is 49.9 Å². The van der Waals surface area contributed by atoms with Crippen LogP contribution < -0.4 is 5.32 Å². The number of unbranched alkanes of at least 4 members (excludes halogenated alkanes) is 2. The summed E-state index contributed by atoms with van der Waals surface area (Å²) < 4.78 is 0. The summed E-state index contributed by atoms with van der Waals surface area (Å²) in [5.74, 6) is -0.602. The first-order valence-electron chi connectivity index (χ1n) is 9.12. The first kappa shape index (κ1) is 18.5. The topological polar surface area (TPSA) is 66.4 Å². The highest BCUT2D eigenvalue weighted by molar-refractivity contribution is 5.88. The zero-order valence-corrected chi connectivity index (χ0v) is 14.6. The minimum atomic E-state index is -0.750. The Morgan fingerprint density at radius 3 is 2.46 bits per heavy atom. The molecule has 1 aromatic rings. The van der Waals surface area contributed by atoms with Crippen LogP contribution in [0, 0.1) is 6.92 Å². The highest BCUT2D eigenvalue weighted by atomic mass is 16.4. The number of nitrogens with one attached hydrogen (secondary N) is 1. The van der Waals surface area contributed by atoms with Crippen molar-refractivity contribution < 1.29 is 14.7 Å². The van der Waals surface area contributed by atoms with Crippen LogP contribution in [0.5, 0.6) is 0 Å². The number of carboxylic acids is 1. The lowest BCUT2D eigenvalue weighted by atomic mass is 9.67. The van der Waals surface area contributed by atoms with Gasteiger partial charge in [-0.25, -0.2) is 0 Å². The molecule has 1 aliphatic rings. The van der Waals surface area contributed by atoms with E-state index < -0.39 is 5.97 Å². The van der Waals surface area contributed by atoms with E-state index in [0.29, 0.717) is 13.0 Å². The Hall–Kier alpha value is -1.84. The predicted molar refractivity (Wildman–Crippen MR) is 95.1 cm³/mol. The van der Waals surface area contributed by atoms with Crippen molar-refractivity contribution in [3.8, 4) is 0 Å². The zero-order valence-electron chi connectivity index (χ0n) is 14.6. The molecule has 0 heterocycles. The number of carboxylic acid groups (broad SMARTS) is 1. The fourth-order valence-electron chi connectivity index (χ4n) is 3.83. The highest BCUT2D eigenvalue weighted by Gasteiger charge is 2.41. The summed E-state index contributed by atoms with van der Waals surface area (Å²) in [6, 6.07) is 8.24. The summed E-state index contributed by atoms with van der Waals surface area (Å²) in [7, 11) is 0. The van der Waals surface area contributed by atoms with Crippen molar-refractivity contribution in [1.29, 1.82) is 0 Å². The fraction of sp³-hybridized carbons (Fsp3) is 0.600. The van der Waals surface area contributed by atoms with Crippen molar-refractivity contribution in [2.45, 2.75) is 70.1 Å². The van der Waals surface area contributed by atoms with E-state index in [1.807, 2.05) is 12.1 Å². The van der Waals surface area contributed by atoms with Gasteiger partial charge >= 0.3 is 5.97 Å². The summed E-state index contributed by atoms with van der Waals surface area (Å²) in [5.41, 5.74) is 1.98. The summed E-state index contributed by atoms with van der Waals surface area (Å²) in [4.78, 5) is 23.5. The lowest BCUT2D eigenvalue weighted by molar-refractivity contribution is -0.137. The second-order valence-corrected chi connectivity index (χ2v) is 6.92. The van der Waals surface area contributed by atoms with Gasteiger partial charge in [-0.05, 0) is 43.7 Å². The molecule has 0 aliphatic heterocycles. The Kier molecular flexibility index (Phi) is 6.83. The van der Waals surface area contributed by atoms with Crippen molar-refractivity contribution in [2.75, 3.05) is 6.54 Å². The third kappa shape index (κ3) is 4.59. The summed E-state index contributed by atoms with van der Waals surface area (Å²) in [5, 5.41) is 11.8. The number of hydrogen-bond donors (Lipinski definition) is 2. The Morgan fingerprint density at radius 2 is 1.79 bits per heavy atom. The van der Waals surface area contributed by atoms with E-state index in [0.717, 1.165) is 38.5 Å². The second kappa shape index (κ2) is 8.86. The molecular weight excluding hydrogens is 302 g/mol. The molecule has 2 N–H and O–H groups in total. The Morgan fingerprint density at radius 1 is 1.08 bits per heavy atom. The van der Waals surface area contributed by atoms with E-state index in [4.69, 9.17) is 5.11 Å². The first-order chi connectivity index (χ1) is 11.6. The van der Waals surface area contributed by atoms with E-state index in [1.54, 1.807) is 0 Å². The maximum atomic E-state index is 13.0. The van der Waals surface area contributed by atoms with Crippen LogP contribution in [0.1, 0.15) is 68.9 Å². The molecule has 2 rings (SSSR count). The Labute approximate surface area is 144 Å². The van der Waals surface area contributed by atoms with Crippen molar-refractivity contribution in [3.63, 3.8) is 0 Å². The number of carbonyl (C=O) groups excluding carboxylic acids is 1. The predicted octanol–water partition coefficient (Wildman–Crippen LogP) is 3.96. The quantitative estimate of drug-likeness (QED) is 0.709. The van der Waals surface area contributed by atoms with E-state index in [-0.39, 0.29) is 17.7 Å². The number of carbonyl (C=O) groups is 2. The van der Waals surface area contributed by atoms with Crippen LogP contribution in [0.15, 0.2) is 24.3 Å². The third-order valence-corrected chi connectivity index (χ3v) is 5.16. The first-order valence-corrected chi connectivity index (χ1v) is 9.12. The fourth-order valence-corrected chi connectivity index (χ4v) is 3.83. The van der Waals surface area contributed by atoms with E-state index >= 15 is 0 Å². The number of rotatable bonds is 8. The number of amides is 1. The van der Waals surface area contributed by atoms with Crippen LogP contribution in [0.2, 0.25) is 0 Å². The van der Waals surface area contributed by atoms with Gasteiger partial charge in [0, 0.05) is 13.0 Å². The molecule has 1 amide bonds. The third-order valence-electron chi connectivity index (χ3n) is 5.16. The lowest BCUT2D eigenvalue weighted by Gasteiger charge is -2.37. The molecule has 4 nitrogen and oxygen atoms in total. The maximum Gasteiger partial charge on any atom is 0.303 e. The molecular formula is C20H29NO3. The average molecular weight is 331 g/mol. The molecule has 0 atom stereocenters. The largest absolute Gasteiger partial charge is 0.481 e. The summed E-state index contributed by atoms with van der Waals surface area (Å²) >= 11 is 0. The second-order valence-electron chi connectivity index (χ2n) is 6.92. The molecule has 0 bridgehead atoms. The van der Waals surface area contributed by atoms with Gasteiger partial charge in [0.1, 0.15) is 0 Å². The van der Waals surface area contributed by atoms with Gasteiger partial charge in [-0.3, -0.25) is 9.59 Å². The molecule has 24 heavy (non-hydrogen) atoms. The zero-order chi connectivity index (χ0) is 17.4. The number of benzene rings is 1. The normalized spacial score (nSPS) is 16.5. The van der Waals surface area contributed by atoms with Gasteiger partial charge in [0.05, 0.1) is 5.41 Å². The van der Waals surface area contributed by atoms with Crippen molar-refractivity contribution in [3.05, 3.63) is 35.4 Å². The van der Waals surface area contributed by atoms with Crippen LogP contribution in [-0.2, 0) is 15.0 Å². The minimum absolute atomic E-state index is 0.148. The smallest absolute Gasteiger partial charge is 0.303 e. The van der Waals surface area contributed by atoms with Crippen LogP contribution in [0.25, 0.3) is 0 Å². The SMILES string of the molecule is Cc1ccccc1C1(C(=O)NCCCCCC(=O)O)CCCCC1. The van der Waals surface area contributed by atoms with Crippen LogP contribution in [0.4, 0.5) is 0 Å². The van der Waals surface area contributed by atoms with E-state index in [2.05, 4.69) is 24.4 Å². The summed E-state index contributed by atoms with van der Waals surface area (Å²) in [6.45, 7) is 2.72. The number of aliphatic carboxylic acids is 1. The Balaban J connectivity index is 1.97. The molecule has 4 heteroatoms. The Bertz CT molecular complexity index is 562. The molecule has 1 aliphatic carbocycles. The van der Waals surface area contributed by atoms with Crippen LogP contribution >= 0.6 is 0 Å². The van der Waals surface area contributed by atoms with Crippen molar-refractivity contribution in [2.24, 2.45) is 0 Å². The highest BCUT2D eigenvalue weighted by Crippen LogP contribution is 2.41. The van der Waals surface area contributed by atoms with Crippen LogP contribution in [0.3, 0.4) is 0 Å². The summed E-state index contributed by atoms with van der Waals surface area (Å²) in [6.07, 6.45) is 7.80. The van der Waals surface area contributed by atoms with Crippen LogP contribution in [-0.4, -0.2) is 23.5 Å². The number of aryl methyl sites for hydroxylation is 1. The lowest BCUT2D eigenvalue weighted by Crippen LogP contribution is -2.46. The van der Waals surface area contributed by atoms with Crippen molar-refractivity contribution >= 4 is 11.9 Å². The average Bonchev–Trinajstić information content (AvgIpc) is 2.58. The van der Waals surface area contributed by atoms with Gasteiger partial charge in [0.2, 0.25) is 5.91 Å². The molecule has 0 radical (unpaired) electrons. The maximum absolute atomic E-state index is 13.0. The molecule has 0 aromatic heterocycles. The van der Waals surface area contributed by atoms with Gasteiger partial charge in [-0.15, -0.1) is 0 Å². The molecule has 0 saturated heterocycles. The molecule has 1 saturated carbocycles. The molecule has 0 spiro atoms. The number of hydrogen-bond acceptors (Lipinski definition) is 2. The molecule has 132 valence electrons. The monoisotopic (exact) mass is 331 g/mol. The molecule has 0 unspecified atom stereocenters. The van der Waals surface area contributed by atoms with Gasteiger partial charge in [0.15, 0.2) is 0 Å².